The number of sulfonamides is 2. The van der Waals surface area contributed by atoms with Gasteiger partial charge in [-0.05, 0) is 24.5 Å². The second-order valence-corrected chi connectivity index (χ2v) is 13.0. The van der Waals surface area contributed by atoms with Gasteiger partial charge in [0, 0.05) is 38.0 Å². The van der Waals surface area contributed by atoms with Crippen LogP contribution in [0.5, 0.6) is 0 Å². The fourth-order valence-corrected chi connectivity index (χ4v) is 7.44. The van der Waals surface area contributed by atoms with Gasteiger partial charge in [-0.25, -0.2) is 39.8 Å². The number of halogens is 2. The Morgan fingerprint density at radius 1 is 1.19 bits per heavy atom. The number of nitrogens with one attached hydrogen (secondary N) is 1. The van der Waals surface area contributed by atoms with Crippen LogP contribution < -0.4 is 0 Å². The average molecular weight is 506 g/mol. The monoisotopic (exact) mass is 505 g/mol. The highest BCUT2D eigenvalue weighted by atomic mass is 35.5. The van der Waals surface area contributed by atoms with Crippen molar-refractivity contribution in [2.75, 3.05) is 38.2 Å². The summed E-state index contributed by atoms with van der Waals surface area (Å²) in [5.41, 5.74) is 1.19. The molecule has 0 aliphatic carbocycles. The maximum atomic E-state index is 13.1. The summed E-state index contributed by atoms with van der Waals surface area (Å²) in [5, 5.41) is 0.301. The third-order valence-corrected chi connectivity index (χ3v) is 9.66. The highest BCUT2D eigenvalue weighted by molar-refractivity contribution is 7.89. The minimum absolute atomic E-state index is 0.0138. The van der Waals surface area contributed by atoms with Gasteiger partial charge in [-0.2, -0.15) is 0 Å². The number of hydrogen-bond donors (Lipinski definition) is 1. The van der Waals surface area contributed by atoms with Crippen LogP contribution in [0.3, 0.4) is 0 Å². The number of pyridine rings is 1. The van der Waals surface area contributed by atoms with Crippen LogP contribution in [0.15, 0.2) is 18.3 Å². The second kappa shape index (κ2) is 8.64. The standard InChI is InChI=1S/C19H25ClFN5O4S2/c1-12-8-25(32(29,30)11-13-9-26(10-13)31(2,27)28)6-5-15(12)17-18(20)24-19(23-17)16-4-3-14(21)7-22-16/h3-4,7,12-13,15H,5-6,8-11H2,1-2H3,(H,23,24)/t12-,15+/m0/s1. The van der Waals surface area contributed by atoms with Gasteiger partial charge in [-0.1, -0.05) is 18.5 Å². The van der Waals surface area contributed by atoms with E-state index in [9.17, 15) is 21.2 Å². The number of H-pyrrole nitrogens is 1. The molecule has 0 bridgehead atoms. The Hall–Kier alpha value is -1.60. The van der Waals surface area contributed by atoms with Gasteiger partial charge in [0.1, 0.15) is 11.5 Å². The van der Waals surface area contributed by atoms with E-state index in [1.807, 2.05) is 6.92 Å². The van der Waals surface area contributed by atoms with Crippen molar-refractivity contribution in [1.29, 1.82) is 0 Å². The number of nitrogens with zero attached hydrogens (tertiary/aromatic N) is 4. The Morgan fingerprint density at radius 3 is 2.50 bits per heavy atom. The van der Waals surface area contributed by atoms with Gasteiger partial charge in [0.15, 0.2) is 11.0 Å². The molecule has 4 heterocycles. The normalized spacial score (nSPS) is 23.9. The van der Waals surface area contributed by atoms with Gasteiger partial charge < -0.3 is 4.98 Å². The Balaban J connectivity index is 1.41. The predicted molar refractivity (Wildman–Crippen MR) is 119 cm³/mol. The Bertz CT molecular complexity index is 1200. The largest absolute Gasteiger partial charge is 0.339 e. The predicted octanol–water partition coefficient (Wildman–Crippen LogP) is 1.91. The minimum atomic E-state index is -3.50. The molecule has 176 valence electrons. The quantitative estimate of drug-likeness (QED) is 0.641. The minimum Gasteiger partial charge on any atom is -0.339 e. The lowest BCUT2D eigenvalue weighted by Gasteiger charge is -2.40. The molecule has 2 aromatic rings. The zero-order valence-electron chi connectivity index (χ0n) is 17.7. The van der Waals surface area contributed by atoms with Crippen LogP contribution in [-0.4, -0.2) is 78.6 Å². The molecule has 0 amide bonds. The molecule has 2 atom stereocenters. The molecule has 32 heavy (non-hydrogen) atoms. The van der Waals surface area contributed by atoms with Gasteiger partial charge in [0.25, 0.3) is 0 Å². The molecule has 0 saturated carbocycles. The number of rotatable bonds is 6. The van der Waals surface area contributed by atoms with E-state index in [1.54, 1.807) is 0 Å². The SMILES string of the molecule is C[C@H]1CN(S(=O)(=O)CC2CN(S(C)(=O)=O)C2)CC[C@H]1c1[nH]c(-c2ccc(F)cn2)nc1Cl. The summed E-state index contributed by atoms with van der Waals surface area (Å²) in [4.78, 5) is 11.5. The Morgan fingerprint density at radius 2 is 1.91 bits per heavy atom. The molecule has 0 radical (unpaired) electrons. The van der Waals surface area contributed by atoms with Crippen molar-refractivity contribution in [2.24, 2.45) is 11.8 Å². The molecule has 4 rings (SSSR count). The van der Waals surface area contributed by atoms with Gasteiger partial charge >= 0.3 is 0 Å². The van der Waals surface area contributed by atoms with Crippen LogP contribution in [0, 0.1) is 17.7 Å². The Kier molecular flexibility index (Phi) is 6.36. The summed E-state index contributed by atoms with van der Waals surface area (Å²) >= 11 is 6.37. The molecule has 2 aliphatic rings. The molecule has 9 nitrogen and oxygen atoms in total. The Labute approximate surface area is 192 Å². The molecule has 0 spiro atoms. The van der Waals surface area contributed by atoms with Crippen molar-refractivity contribution >= 4 is 31.6 Å². The van der Waals surface area contributed by atoms with Crippen LogP contribution in [-0.2, 0) is 20.0 Å². The molecule has 1 N–H and O–H groups in total. The number of piperidine rings is 1. The maximum Gasteiger partial charge on any atom is 0.214 e. The van der Waals surface area contributed by atoms with E-state index in [4.69, 9.17) is 11.6 Å². The lowest BCUT2D eigenvalue weighted by molar-refractivity contribution is 0.212. The number of aromatic nitrogens is 3. The molecular weight excluding hydrogens is 481 g/mol. The summed E-state index contributed by atoms with van der Waals surface area (Å²) in [6, 6.07) is 2.81. The van der Waals surface area contributed by atoms with E-state index in [0.29, 0.717) is 36.2 Å². The summed E-state index contributed by atoms with van der Waals surface area (Å²) in [7, 11) is -6.77. The van der Waals surface area contributed by atoms with Crippen LogP contribution in [0.25, 0.3) is 11.5 Å². The molecule has 2 fully saturated rings. The van der Waals surface area contributed by atoms with E-state index in [1.165, 1.54) is 20.7 Å². The van der Waals surface area contributed by atoms with E-state index in [-0.39, 0.29) is 36.6 Å². The zero-order chi connectivity index (χ0) is 23.3. The van der Waals surface area contributed by atoms with Gasteiger partial charge in [-0.15, -0.1) is 0 Å². The van der Waals surface area contributed by atoms with Crippen LogP contribution in [0.2, 0.25) is 5.15 Å². The van der Waals surface area contributed by atoms with E-state index in [2.05, 4.69) is 15.0 Å². The summed E-state index contributed by atoms with van der Waals surface area (Å²) in [5.74, 6) is -0.274. The van der Waals surface area contributed by atoms with Gasteiger partial charge in [0.2, 0.25) is 20.0 Å². The van der Waals surface area contributed by atoms with E-state index in [0.717, 1.165) is 18.1 Å². The van der Waals surface area contributed by atoms with Gasteiger partial charge in [0.05, 0.1) is 23.9 Å². The van der Waals surface area contributed by atoms with Crippen LogP contribution in [0.4, 0.5) is 4.39 Å². The van der Waals surface area contributed by atoms with Crippen molar-refractivity contribution in [2.45, 2.75) is 19.3 Å². The molecule has 2 saturated heterocycles. The summed E-state index contributed by atoms with van der Waals surface area (Å²) < 4.78 is 64.7. The lowest BCUT2D eigenvalue weighted by atomic mass is 9.86. The van der Waals surface area contributed by atoms with Crippen molar-refractivity contribution in [3.05, 3.63) is 35.0 Å². The molecule has 0 unspecified atom stereocenters. The first-order chi connectivity index (χ1) is 14.9. The summed E-state index contributed by atoms with van der Waals surface area (Å²) in [6.45, 7) is 3.14. The fraction of sp³-hybridized carbons (Fsp3) is 0.579. The molecule has 13 heteroatoms. The van der Waals surface area contributed by atoms with Gasteiger partial charge in [-0.3, -0.25) is 0 Å². The van der Waals surface area contributed by atoms with Crippen LogP contribution >= 0.6 is 11.6 Å². The second-order valence-electron chi connectivity index (χ2n) is 8.61. The average Bonchev–Trinajstić information content (AvgIpc) is 3.05. The first-order valence-electron chi connectivity index (χ1n) is 10.2. The zero-order valence-corrected chi connectivity index (χ0v) is 20.1. The first kappa shape index (κ1) is 23.6. The van der Waals surface area contributed by atoms with E-state index >= 15 is 0 Å². The molecule has 2 aliphatic heterocycles. The highest BCUT2D eigenvalue weighted by Crippen LogP contribution is 2.37. The van der Waals surface area contributed by atoms with Crippen molar-refractivity contribution in [3.8, 4) is 11.5 Å². The van der Waals surface area contributed by atoms with Crippen molar-refractivity contribution in [3.63, 3.8) is 0 Å². The maximum absolute atomic E-state index is 13.1. The molecular formula is C19H25ClFN5O4S2. The smallest absolute Gasteiger partial charge is 0.214 e. The fourth-order valence-electron chi connectivity index (χ4n) is 4.34. The highest BCUT2D eigenvalue weighted by Gasteiger charge is 2.40. The number of hydrogen-bond acceptors (Lipinski definition) is 6. The molecule has 2 aromatic heterocycles. The van der Waals surface area contributed by atoms with Crippen LogP contribution in [0.1, 0.15) is 25.0 Å². The molecule has 0 aromatic carbocycles. The lowest BCUT2D eigenvalue weighted by Crippen LogP contribution is -2.54. The van der Waals surface area contributed by atoms with Crippen molar-refractivity contribution < 1.29 is 21.2 Å². The van der Waals surface area contributed by atoms with Crippen molar-refractivity contribution in [1.82, 2.24) is 23.6 Å². The third kappa shape index (κ3) is 4.84. The number of aromatic amines is 1. The van der Waals surface area contributed by atoms with E-state index < -0.39 is 25.9 Å². The topological polar surface area (TPSA) is 116 Å². The number of imidazole rings is 1. The first-order valence-corrected chi connectivity index (χ1v) is 14.1. The summed E-state index contributed by atoms with van der Waals surface area (Å²) in [6.07, 6.45) is 2.80. The third-order valence-electron chi connectivity index (χ3n) is 6.13.